The Morgan fingerprint density at radius 3 is 2.48 bits per heavy atom. The highest BCUT2D eigenvalue weighted by Gasteiger charge is 2.37. The highest BCUT2D eigenvalue weighted by Crippen LogP contribution is 2.40. The summed E-state index contributed by atoms with van der Waals surface area (Å²) in [5.41, 5.74) is 1.43. The van der Waals surface area contributed by atoms with E-state index in [-0.39, 0.29) is 0 Å². The molecule has 2 atom stereocenters. The van der Waals surface area contributed by atoms with E-state index in [2.05, 4.69) is 35.6 Å². The Morgan fingerprint density at radius 2 is 1.71 bits per heavy atom. The van der Waals surface area contributed by atoms with Gasteiger partial charge in [0, 0.05) is 18.5 Å². The molecule has 0 heterocycles. The van der Waals surface area contributed by atoms with Crippen LogP contribution in [0.25, 0.3) is 0 Å². The van der Waals surface area contributed by atoms with Gasteiger partial charge >= 0.3 is 0 Å². The maximum atomic E-state index is 5.76. The molecule has 2 aromatic rings. The maximum absolute atomic E-state index is 5.76. The topological polar surface area (TPSA) is 30.5 Å². The van der Waals surface area contributed by atoms with Gasteiger partial charge in [-0.1, -0.05) is 42.5 Å². The van der Waals surface area contributed by atoms with E-state index in [1.165, 1.54) is 12.0 Å². The molecule has 0 aromatic heterocycles. The molecule has 0 amide bonds. The first-order valence-electron chi connectivity index (χ1n) is 7.42. The number of ether oxygens (including phenoxy) is 2. The zero-order valence-electron chi connectivity index (χ0n) is 12.3. The van der Waals surface area contributed by atoms with Crippen LogP contribution in [0.2, 0.25) is 0 Å². The third kappa shape index (κ3) is 3.56. The first-order chi connectivity index (χ1) is 10.4. The lowest BCUT2D eigenvalue weighted by Gasteiger charge is -2.10. The molecule has 1 saturated carbocycles. The molecule has 1 fully saturated rings. The quantitative estimate of drug-likeness (QED) is 0.791. The summed E-state index contributed by atoms with van der Waals surface area (Å²) in [6.45, 7) is 1.50. The van der Waals surface area contributed by atoms with E-state index in [1.807, 2.05) is 24.3 Å². The lowest BCUT2D eigenvalue weighted by atomic mass is 10.1. The molecule has 1 aliphatic carbocycles. The van der Waals surface area contributed by atoms with E-state index in [1.54, 1.807) is 7.11 Å². The van der Waals surface area contributed by atoms with Crippen LogP contribution in [0.3, 0.4) is 0 Å². The van der Waals surface area contributed by atoms with E-state index in [0.29, 0.717) is 18.6 Å². The van der Waals surface area contributed by atoms with Gasteiger partial charge in [0.15, 0.2) is 11.5 Å². The average Bonchev–Trinajstić information content (AvgIpc) is 3.32. The summed E-state index contributed by atoms with van der Waals surface area (Å²) in [4.78, 5) is 0. The molecule has 0 spiro atoms. The molecule has 0 saturated heterocycles. The predicted molar refractivity (Wildman–Crippen MR) is 84.1 cm³/mol. The Labute approximate surface area is 125 Å². The van der Waals surface area contributed by atoms with Crippen molar-refractivity contribution >= 4 is 0 Å². The normalized spacial score (nSPS) is 20.0. The van der Waals surface area contributed by atoms with Gasteiger partial charge in [0.05, 0.1) is 7.11 Å². The van der Waals surface area contributed by atoms with Crippen LogP contribution in [0.4, 0.5) is 0 Å². The van der Waals surface area contributed by atoms with Gasteiger partial charge in [0.2, 0.25) is 0 Å². The van der Waals surface area contributed by atoms with Gasteiger partial charge < -0.3 is 14.8 Å². The van der Waals surface area contributed by atoms with Crippen molar-refractivity contribution in [3.8, 4) is 11.5 Å². The molecule has 0 aliphatic heterocycles. The van der Waals surface area contributed by atoms with Crippen LogP contribution in [0.5, 0.6) is 11.5 Å². The van der Waals surface area contributed by atoms with Crippen molar-refractivity contribution in [3.63, 3.8) is 0 Å². The van der Waals surface area contributed by atoms with Gasteiger partial charge in [-0.25, -0.2) is 0 Å². The molecule has 3 heteroatoms. The van der Waals surface area contributed by atoms with Crippen molar-refractivity contribution in [2.24, 2.45) is 0 Å². The first kappa shape index (κ1) is 14.0. The van der Waals surface area contributed by atoms with Crippen molar-refractivity contribution in [2.75, 3.05) is 20.3 Å². The van der Waals surface area contributed by atoms with Gasteiger partial charge in [0.25, 0.3) is 0 Å². The number of nitrogens with one attached hydrogen (secondary N) is 1. The fourth-order valence-corrected chi connectivity index (χ4v) is 2.63. The van der Waals surface area contributed by atoms with Crippen LogP contribution in [0, 0.1) is 0 Å². The predicted octanol–water partition coefficient (Wildman–Crippen LogP) is 3.22. The van der Waals surface area contributed by atoms with Gasteiger partial charge in [-0.2, -0.15) is 0 Å². The van der Waals surface area contributed by atoms with Crippen molar-refractivity contribution in [1.29, 1.82) is 0 Å². The number of para-hydroxylation sites is 2. The fourth-order valence-electron chi connectivity index (χ4n) is 2.63. The van der Waals surface area contributed by atoms with Crippen molar-refractivity contribution in [2.45, 2.75) is 18.4 Å². The molecule has 3 nitrogen and oxygen atoms in total. The number of rotatable bonds is 7. The average molecular weight is 283 g/mol. The summed E-state index contributed by atoms with van der Waals surface area (Å²) in [6, 6.07) is 19.0. The monoisotopic (exact) mass is 283 g/mol. The van der Waals surface area contributed by atoms with Crippen molar-refractivity contribution < 1.29 is 9.47 Å². The molecule has 0 radical (unpaired) electrons. The molecule has 0 bridgehead atoms. The molecule has 2 unspecified atom stereocenters. The van der Waals surface area contributed by atoms with Crippen LogP contribution in [-0.2, 0) is 0 Å². The molecule has 1 aliphatic rings. The molecule has 110 valence electrons. The Morgan fingerprint density at radius 1 is 1.00 bits per heavy atom. The maximum Gasteiger partial charge on any atom is 0.161 e. The van der Waals surface area contributed by atoms with Gasteiger partial charge in [-0.15, -0.1) is 0 Å². The highest BCUT2D eigenvalue weighted by atomic mass is 16.5. The van der Waals surface area contributed by atoms with Gasteiger partial charge in [-0.3, -0.25) is 0 Å². The summed E-state index contributed by atoms with van der Waals surface area (Å²) in [7, 11) is 1.66. The Balaban J connectivity index is 1.40. The first-order valence-corrected chi connectivity index (χ1v) is 7.42. The second kappa shape index (κ2) is 6.64. The number of benzene rings is 2. The summed E-state index contributed by atoms with van der Waals surface area (Å²) in [5.74, 6) is 2.25. The van der Waals surface area contributed by atoms with E-state index < -0.39 is 0 Å². The summed E-state index contributed by atoms with van der Waals surface area (Å²) in [6.07, 6.45) is 1.22. The molecule has 1 N–H and O–H groups in total. The third-order valence-electron chi connectivity index (χ3n) is 3.85. The third-order valence-corrected chi connectivity index (χ3v) is 3.85. The number of hydrogen-bond donors (Lipinski definition) is 1. The Hall–Kier alpha value is -2.00. The molecule has 21 heavy (non-hydrogen) atoms. The Bertz CT molecular complexity index is 570. The van der Waals surface area contributed by atoms with Crippen LogP contribution >= 0.6 is 0 Å². The number of hydrogen-bond acceptors (Lipinski definition) is 3. The van der Waals surface area contributed by atoms with E-state index in [0.717, 1.165) is 18.0 Å². The molecular formula is C18H21NO2. The zero-order chi connectivity index (χ0) is 14.5. The molecular weight excluding hydrogens is 262 g/mol. The van der Waals surface area contributed by atoms with Crippen molar-refractivity contribution in [3.05, 3.63) is 60.2 Å². The standard InChI is InChI=1S/C18H21NO2/c1-20-17-9-5-6-10-18(17)21-12-11-19-16-13-15(16)14-7-3-2-4-8-14/h2-10,15-16,19H,11-13H2,1H3. The zero-order valence-corrected chi connectivity index (χ0v) is 12.3. The largest absolute Gasteiger partial charge is 0.493 e. The van der Waals surface area contributed by atoms with Gasteiger partial charge in [-0.05, 0) is 24.1 Å². The fraction of sp³-hybridized carbons (Fsp3) is 0.333. The molecule has 3 rings (SSSR count). The minimum atomic E-state index is 0.591. The van der Waals surface area contributed by atoms with Crippen LogP contribution in [0.1, 0.15) is 17.9 Å². The van der Waals surface area contributed by atoms with Gasteiger partial charge in [0.1, 0.15) is 6.61 Å². The highest BCUT2D eigenvalue weighted by molar-refractivity contribution is 5.39. The lowest BCUT2D eigenvalue weighted by Crippen LogP contribution is -2.24. The van der Waals surface area contributed by atoms with Crippen LogP contribution in [0.15, 0.2) is 54.6 Å². The summed E-state index contributed by atoms with van der Waals surface area (Å²) >= 11 is 0. The van der Waals surface area contributed by atoms with Crippen molar-refractivity contribution in [1.82, 2.24) is 5.32 Å². The van der Waals surface area contributed by atoms with E-state index >= 15 is 0 Å². The summed E-state index contributed by atoms with van der Waals surface area (Å²) in [5, 5.41) is 3.55. The minimum absolute atomic E-state index is 0.591. The van der Waals surface area contributed by atoms with Crippen LogP contribution in [-0.4, -0.2) is 26.3 Å². The second-order valence-electron chi connectivity index (χ2n) is 5.31. The van der Waals surface area contributed by atoms with E-state index in [4.69, 9.17) is 9.47 Å². The number of methoxy groups -OCH3 is 1. The SMILES string of the molecule is COc1ccccc1OCCNC1CC1c1ccccc1. The van der Waals surface area contributed by atoms with Crippen LogP contribution < -0.4 is 14.8 Å². The smallest absolute Gasteiger partial charge is 0.161 e. The van der Waals surface area contributed by atoms with E-state index in [9.17, 15) is 0 Å². The summed E-state index contributed by atoms with van der Waals surface area (Å²) < 4.78 is 11.0. The lowest BCUT2D eigenvalue weighted by molar-refractivity contribution is 0.291. The second-order valence-corrected chi connectivity index (χ2v) is 5.31. The Kier molecular flexibility index (Phi) is 4.41. The molecule has 2 aromatic carbocycles. The minimum Gasteiger partial charge on any atom is -0.493 e.